The van der Waals surface area contributed by atoms with Crippen molar-refractivity contribution < 1.29 is 4.79 Å². The number of carbonyl (C=O) groups is 1. The summed E-state index contributed by atoms with van der Waals surface area (Å²) in [5.74, 6) is 0.0807. The molecule has 0 aromatic rings. The van der Waals surface area contributed by atoms with Gasteiger partial charge in [-0.05, 0) is 20.3 Å². The van der Waals surface area contributed by atoms with Gasteiger partial charge in [-0.1, -0.05) is 27.2 Å². The van der Waals surface area contributed by atoms with Crippen LogP contribution < -0.4 is 10.6 Å². The van der Waals surface area contributed by atoms with Gasteiger partial charge < -0.3 is 10.6 Å². The van der Waals surface area contributed by atoms with Gasteiger partial charge >= 0.3 is 0 Å². The maximum Gasteiger partial charge on any atom is 0.234 e. The van der Waals surface area contributed by atoms with Gasteiger partial charge in [-0.25, -0.2) is 0 Å². The molecular weight excluding hydrogens is 176 g/mol. The third kappa shape index (κ3) is 6.89. The normalized spacial score (nSPS) is 11.9. The minimum atomic E-state index is -0.0789. The first-order valence-corrected chi connectivity index (χ1v) is 5.42. The quantitative estimate of drug-likeness (QED) is 0.685. The van der Waals surface area contributed by atoms with E-state index in [0.717, 1.165) is 12.8 Å². The van der Waals surface area contributed by atoms with E-state index in [4.69, 9.17) is 0 Å². The van der Waals surface area contributed by atoms with Crippen molar-refractivity contribution in [2.24, 2.45) is 0 Å². The zero-order valence-electron chi connectivity index (χ0n) is 10.1. The molecule has 3 heteroatoms. The van der Waals surface area contributed by atoms with E-state index in [1.165, 1.54) is 0 Å². The SMILES string of the molecule is CCCC(C)(C)NC(=O)CNC(C)C. The van der Waals surface area contributed by atoms with E-state index in [-0.39, 0.29) is 11.4 Å². The van der Waals surface area contributed by atoms with Gasteiger partial charge in [0.2, 0.25) is 5.91 Å². The monoisotopic (exact) mass is 200 g/mol. The Bertz CT molecular complexity index is 176. The van der Waals surface area contributed by atoms with Crippen molar-refractivity contribution in [1.82, 2.24) is 10.6 Å². The third-order valence-electron chi connectivity index (χ3n) is 2.02. The zero-order chi connectivity index (χ0) is 11.2. The molecule has 0 radical (unpaired) electrons. The van der Waals surface area contributed by atoms with E-state index in [1.54, 1.807) is 0 Å². The van der Waals surface area contributed by atoms with Crippen LogP contribution in [0.3, 0.4) is 0 Å². The van der Waals surface area contributed by atoms with Crippen molar-refractivity contribution in [3.05, 3.63) is 0 Å². The van der Waals surface area contributed by atoms with E-state index in [9.17, 15) is 4.79 Å². The molecule has 2 N–H and O–H groups in total. The highest BCUT2D eigenvalue weighted by Gasteiger charge is 2.18. The fourth-order valence-electron chi connectivity index (χ4n) is 1.41. The first-order valence-electron chi connectivity index (χ1n) is 5.42. The number of amides is 1. The minimum absolute atomic E-state index is 0.0789. The molecule has 0 aliphatic carbocycles. The fraction of sp³-hybridized carbons (Fsp3) is 0.909. The predicted octanol–water partition coefficient (Wildman–Crippen LogP) is 1.68. The van der Waals surface area contributed by atoms with Crippen LogP contribution in [0.1, 0.15) is 47.5 Å². The summed E-state index contributed by atoms with van der Waals surface area (Å²) in [6.45, 7) is 10.7. The predicted molar refractivity (Wildman–Crippen MR) is 60.3 cm³/mol. The topological polar surface area (TPSA) is 41.1 Å². The summed E-state index contributed by atoms with van der Waals surface area (Å²) in [5, 5.41) is 6.11. The Hall–Kier alpha value is -0.570. The first kappa shape index (κ1) is 13.4. The Labute approximate surface area is 87.6 Å². The van der Waals surface area contributed by atoms with Crippen molar-refractivity contribution in [3.8, 4) is 0 Å². The van der Waals surface area contributed by atoms with E-state index >= 15 is 0 Å². The summed E-state index contributed by atoms with van der Waals surface area (Å²) in [7, 11) is 0. The van der Waals surface area contributed by atoms with E-state index in [2.05, 4.69) is 31.4 Å². The molecule has 0 spiro atoms. The van der Waals surface area contributed by atoms with Crippen LogP contribution in [0.5, 0.6) is 0 Å². The van der Waals surface area contributed by atoms with Crippen molar-refractivity contribution >= 4 is 5.91 Å². The molecule has 1 amide bonds. The van der Waals surface area contributed by atoms with Gasteiger partial charge in [-0.2, -0.15) is 0 Å². The van der Waals surface area contributed by atoms with Crippen LogP contribution in [0.25, 0.3) is 0 Å². The molecule has 84 valence electrons. The van der Waals surface area contributed by atoms with Gasteiger partial charge in [0.25, 0.3) is 0 Å². The molecule has 0 heterocycles. The Morgan fingerprint density at radius 3 is 2.36 bits per heavy atom. The maximum absolute atomic E-state index is 11.5. The summed E-state index contributed by atoms with van der Waals surface area (Å²) in [4.78, 5) is 11.5. The highest BCUT2D eigenvalue weighted by Crippen LogP contribution is 2.09. The van der Waals surface area contributed by atoms with Crippen LogP contribution in [0.4, 0.5) is 0 Å². The highest BCUT2D eigenvalue weighted by molar-refractivity contribution is 5.78. The van der Waals surface area contributed by atoms with E-state index < -0.39 is 0 Å². The summed E-state index contributed by atoms with van der Waals surface area (Å²) in [5.41, 5.74) is -0.0789. The van der Waals surface area contributed by atoms with Crippen LogP contribution >= 0.6 is 0 Å². The Balaban J connectivity index is 3.81. The molecule has 0 aromatic heterocycles. The van der Waals surface area contributed by atoms with Crippen LogP contribution in [-0.4, -0.2) is 24.0 Å². The van der Waals surface area contributed by atoms with Gasteiger partial charge in [-0.3, -0.25) is 4.79 Å². The van der Waals surface area contributed by atoms with E-state index in [0.29, 0.717) is 12.6 Å². The molecular formula is C11H24N2O. The molecule has 0 saturated heterocycles. The summed E-state index contributed by atoms with van der Waals surface area (Å²) in [6, 6.07) is 0.357. The number of hydrogen-bond donors (Lipinski definition) is 2. The molecule has 0 aliphatic heterocycles. The van der Waals surface area contributed by atoms with Crippen molar-refractivity contribution in [2.45, 2.75) is 59.0 Å². The number of rotatable bonds is 6. The van der Waals surface area contributed by atoms with Gasteiger partial charge in [-0.15, -0.1) is 0 Å². The molecule has 3 nitrogen and oxygen atoms in total. The van der Waals surface area contributed by atoms with Crippen LogP contribution in [0.15, 0.2) is 0 Å². The van der Waals surface area contributed by atoms with Gasteiger partial charge in [0.1, 0.15) is 0 Å². The van der Waals surface area contributed by atoms with Gasteiger partial charge in [0, 0.05) is 11.6 Å². The van der Waals surface area contributed by atoms with Crippen LogP contribution in [-0.2, 0) is 4.79 Å². The van der Waals surface area contributed by atoms with Crippen molar-refractivity contribution in [2.75, 3.05) is 6.54 Å². The largest absolute Gasteiger partial charge is 0.350 e. The van der Waals surface area contributed by atoms with Gasteiger partial charge in [0.15, 0.2) is 0 Å². The Morgan fingerprint density at radius 1 is 1.36 bits per heavy atom. The molecule has 0 rings (SSSR count). The van der Waals surface area contributed by atoms with Gasteiger partial charge in [0.05, 0.1) is 6.54 Å². The Morgan fingerprint density at radius 2 is 1.93 bits per heavy atom. The van der Waals surface area contributed by atoms with Crippen molar-refractivity contribution in [1.29, 1.82) is 0 Å². The van der Waals surface area contributed by atoms with Crippen LogP contribution in [0.2, 0.25) is 0 Å². The maximum atomic E-state index is 11.5. The van der Waals surface area contributed by atoms with Crippen LogP contribution in [0, 0.1) is 0 Å². The number of hydrogen-bond acceptors (Lipinski definition) is 2. The second kappa shape index (κ2) is 6.02. The highest BCUT2D eigenvalue weighted by atomic mass is 16.2. The second-order valence-corrected chi connectivity index (χ2v) is 4.72. The smallest absolute Gasteiger partial charge is 0.234 e. The molecule has 0 bridgehead atoms. The fourth-order valence-corrected chi connectivity index (χ4v) is 1.41. The van der Waals surface area contributed by atoms with Crippen molar-refractivity contribution in [3.63, 3.8) is 0 Å². The zero-order valence-corrected chi connectivity index (χ0v) is 10.1. The first-order chi connectivity index (χ1) is 6.37. The molecule has 14 heavy (non-hydrogen) atoms. The molecule has 0 aliphatic rings. The molecule has 0 fully saturated rings. The number of carbonyl (C=O) groups excluding carboxylic acids is 1. The standard InChI is InChI=1S/C11H24N2O/c1-6-7-11(4,5)13-10(14)8-12-9(2)3/h9,12H,6-8H2,1-5H3,(H,13,14). The summed E-state index contributed by atoms with van der Waals surface area (Å²) >= 11 is 0. The summed E-state index contributed by atoms with van der Waals surface area (Å²) < 4.78 is 0. The summed E-state index contributed by atoms with van der Waals surface area (Å²) in [6.07, 6.45) is 2.10. The molecule has 0 atom stereocenters. The molecule has 0 unspecified atom stereocenters. The number of nitrogens with one attached hydrogen (secondary N) is 2. The second-order valence-electron chi connectivity index (χ2n) is 4.72. The molecule has 0 aromatic carbocycles. The minimum Gasteiger partial charge on any atom is -0.350 e. The lowest BCUT2D eigenvalue weighted by molar-refractivity contribution is -0.122. The molecule has 0 saturated carbocycles. The van der Waals surface area contributed by atoms with E-state index in [1.807, 2.05) is 13.8 Å². The lowest BCUT2D eigenvalue weighted by atomic mass is 9.99. The lowest BCUT2D eigenvalue weighted by Crippen LogP contribution is -2.47. The average Bonchev–Trinajstić information content (AvgIpc) is 1.99. The average molecular weight is 200 g/mol. The lowest BCUT2D eigenvalue weighted by Gasteiger charge is -2.26. The third-order valence-corrected chi connectivity index (χ3v) is 2.02. The Kier molecular flexibility index (Phi) is 5.77.